The maximum Gasteiger partial charge on any atom is 0.295 e. The highest BCUT2D eigenvalue weighted by molar-refractivity contribution is 8.00. The third kappa shape index (κ3) is 5.14. The first-order chi connectivity index (χ1) is 16.8. The van der Waals surface area contributed by atoms with Crippen LogP contribution < -0.4 is 16.2 Å². The van der Waals surface area contributed by atoms with E-state index < -0.39 is 0 Å². The zero-order valence-corrected chi connectivity index (χ0v) is 20.8. The van der Waals surface area contributed by atoms with Crippen molar-refractivity contribution in [1.82, 2.24) is 24.1 Å². The summed E-state index contributed by atoms with van der Waals surface area (Å²) in [5.74, 6) is -0.482. The van der Waals surface area contributed by atoms with E-state index in [1.807, 2.05) is 54.9 Å². The summed E-state index contributed by atoms with van der Waals surface area (Å²) in [6, 6.07) is 11.2. The molecule has 35 heavy (non-hydrogen) atoms. The van der Waals surface area contributed by atoms with Crippen LogP contribution in [-0.2, 0) is 16.6 Å². The predicted octanol–water partition coefficient (Wildman–Crippen LogP) is 3.12. The Balaban J connectivity index is 1.32. The molecule has 0 aliphatic carbocycles. The van der Waals surface area contributed by atoms with Gasteiger partial charge in [-0.1, -0.05) is 18.2 Å². The lowest BCUT2D eigenvalue weighted by Gasteiger charge is -2.08. The Kier molecular flexibility index (Phi) is 7.06. The molecular weight excluding hydrogens is 466 g/mol. The topological polar surface area (TPSA) is 116 Å². The van der Waals surface area contributed by atoms with Crippen molar-refractivity contribution in [3.63, 3.8) is 0 Å². The Morgan fingerprint density at radius 3 is 2.43 bits per heavy atom. The highest BCUT2D eigenvalue weighted by Crippen LogP contribution is 2.19. The Hall–Kier alpha value is -3.86. The molecule has 0 bridgehead atoms. The van der Waals surface area contributed by atoms with Gasteiger partial charge in [-0.3, -0.25) is 19.1 Å². The molecular formula is C24H27N7O3S. The van der Waals surface area contributed by atoms with E-state index in [1.54, 1.807) is 31.0 Å². The summed E-state index contributed by atoms with van der Waals surface area (Å²) < 4.78 is 5.02. The molecule has 2 amide bonds. The largest absolute Gasteiger partial charge is 0.324 e. The molecule has 11 heteroatoms. The van der Waals surface area contributed by atoms with Crippen molar-refractivity contribution in [1.29, 1.82) is 0 Å². The molecule has 0 saturated carbocycles. The average molecular weight is 494 g/mol. The molecule has 4 rings (SSSR count). The molecule has 2 N–H and O–H groups in total. The molecule has 0 fully saturated rings. The summed E-state index contributed by atoms with van der Waals surface area (Å²) in [5, 5.41) is 10.7. The maximum absolute atomic E-state index is 12.9. The molecule has 0 spiro atoms. The first kappa shape index (κ1) is 24.3. The second-order valence-corrected chi connectivity index (χ2v) is 9.33. The number of nitrogens with one attached hydrogen (secondary N) is 2. The third-order valence-electron chi connectivity index (χ3n) is 5.49. The first-order valence-electron chi connectivity index (χ1n) is 11.1. The van der Waals surface area contributed by atoms with Gasteiger partial charge in [0.15, 0.2) is 5.65 Å². The average Bonchev–Trinajstić information content (AvgIpc) is 3.34. The van der Waals surface area contributed by atoms with Crippen molar-refractivity contribution >= 4 is 46.0 Å². The van der Waals surface area contributed by atoms with Gasteiger partial charge in [0.05, 0.1) is 41.0 Å². The van der Waals surface area contributed by atoms with Gasteiger partial charge in [-0.05, 0) is 39.0 Å². The monoisotopic (exact) mass is 493 g/mol. The summed E-state index contributed by atoms with van der Waals surface area (Å²) in [6.45, 7) is 5.82. The number of amides is 2. The third-order valence-corrected chi connectivity index (χ3v) is 6.42. The van der Waals surface area contributed by atoms with Crippen LogP contribution in [0.4, 0.5) is 11.4 Å². The van der Waals surface area contributed by atoms with Gasteiger partial charge in [-0.2, -0.15) is 5.10 Å². The minimum absolute atomic E-state index is 0.0327. The van der Waals surface area contributed by atoms with Gasteiger partial charge in [0.1, 0.15) is 5.69 Å². The number of pyridine rings is 1. The fourth-order valence-corrected chi connectivity index (χ4v) is 4.32. The van der Waals surface area contributed by atoms with Crippen LogP contribution >= 0.6 is 11.8 Å². The van der Waals surface area contributed by atoms with Gasteiger partial charge in [-0.15, -0.1) is 11.8 Å². The zero-order chi connectivity index (χ0) is 25.1. The van der Waals surface area contributed by atoms with E-state index in [-0.39, 0.29) is 40.6 Å². The van der Waals surface area contributed by atoms with Crippen molar-refractivity contribution in [3.05, 3.63) is 64.8 Å². The van der Waals surface area contributed by atoms with Crippen LogP contribution in [0.1, 0.15) is 25.6 Å². The van der Waals surface area contributed by atoms with Gasteiger partial charge in [0.25, 0.3) is 5.56 Å². The summed E-state index contributed by atoms with van der Waals surface area (Å²) in [6.07, 6.45) is 3.31. The molecule has 1 aromatic carbocycles. The van der Waals surface area contributed by atoms with E-state index >= 15 is 0 Å². The van der Waals surface area contributed by atoms with Gasteiger partial charge in [-0.25, -0.2) is 14.3 Å². The van der Waals surface area contributed by atoms with Crippen LogP contribution in [-0.4, -0.2) is 47.4 Å². The van der Waals surface area contributed by atoms with Gasteiger partial charge >= 0.3 is 0 Å². The number of hydrogen-bond donors (Lipinski definition) is 2. The molecule has 0 saturated heterocycles. The number of thioether (sulfide) groups is 1. The van der Waals surface area contributed by atoms with E-state index in [9.17, 15) is 14.4 Å². The van der Waals surface area contributed by atoms with E-state index in [4.69, 9.17) is 0 Å². The van der Waals surface area contributed by atoms with Crippen molar-refractivity contribution in [2.45, 2.75) is 26.8 Å². The lowest BCUT2D eigenvalue weighted by molar-refractivity contribution is -0.114. The second-order valence-electron chi connectivity index (χ2n) is 8.35. The number of aromatic nitrogens is 5. The Labute approximate surface area is 206 Å². The van der Waals surface area contributed by atoms with Gasteiger partial charge in [0.2, 0.25) is 11.8 Å². The van der Waals surface area contributed by atoms with E-state index in [0.29, 0.717) is 17.1 Å². The molecule has 10 nitrogen and oxygen atoms in total. The van der Waals surface area contributed by atoms with Gasteiger partial charge in [0, 0.05) is 18.5 Å². The number of carbonyl (C=O) groups is 2. The quantitative estimate of drug-likeness (QED) is 0.390. The Morgan fingerprint density at radius 2 is 1.74 bits per heavy atom. The molecule has 0 aliphatic rings. The van der Waals surface area contributed by atoms with Crippen molar-refractivity contribution in [3.8, 4) is 5.69 Å². The number of nitrogens with zero attached hydrogens (tertiary/aromatic N) is 5. The summed E-state index contributed by atoms with van der Waals surface area (Å²) in [5.41, 5.74) is 2.59. The molecule has 0 unspecified atom stereocenters. The molecule has 4 aromatic rings. The lowest BCUT2D eigenvalue weighted by Crippen LogP contribution is -2.24. The van der Waals surface area contributed by atoms with Crippen LogP contribution in [0.5, 0.6) is 0 Å². The number of fused-ring (bicyclic) bond motifs is 1. The fourth-order valence-electron chi connectivity index (χ4n) is 3.71. The van der Waals surface area contributed by atoms with Crippen LogP contribution in [0.2, 0.25) is 0 Å². The minimum Gasteiger partial charge on any atom is -0.324 e. The minimum atomic E-state index is -0.349. The summed E-state index contributed by atoms with van der Waals surface area (Å²) >= 11 is 1.16. The first-order valence-corrected chi connectivity index (χ1v) is 12.3. The standard InChI is InChI=1S/C24H27N7O3S/c1-15(2)30-23-17(11-26-30)10-18(12-25-23)27-20(32)13-35-14-21(33)28-22-16(3)29(4)31(24(22)34)19-8-6-5-7-9-19/h5-12,15H,13-14H2,1-4H3,(H,27,32)(H,28,33). The number of hydrogen-bond acceptors (Lipinski definition) is 6. The van der Waals surface area contributed by atoms with E-state index in [2.05, 4.69) is 20.7 Å². The number of benzene rings is 1. The SMILES string of the molecule is Cc1c(NC(=O)CSCC(=O)Nc2cnc3c(cnn3C(C)C)c2)c(=O)n(-c2ccccc2)n1C. The molecule has 182 valence electrons. The molecule has 0 aliphatic heterocycles. The van der Waals surface area contributed by atoms with Crippen molar-refractivity contribution in [2.75, 3.05) is 22.1 Å². The highest BCUT2D eigenvalue weighted by Gasteiger charge is 2.18. The van der Waals surface area contributed by atoms with Crippen LogP contribution in [0.15, 0.2) is 53.6 Å². The molecule has 3 aromatic heterocycles. The highest BCUT2D eigenvalue weighted by atomic mass is 32.2. The number of para-hydroxylation sites is 1. The number of carbonyl (C=O) groups excluding carboxylic acids is 2. The van der Waals surface area contributed by atoms with Crippen molar-refractivity contribution < 1.29 is 9.59 Å². The zero-order valence-electron chi connectivity index (χ0n) is 20.0. The normalized spacial score (nSPS) is 11.2. The maximum atomic E-state index is 12.9. The number of rotatable bonds is 8. The van der Waals surface area contributed by atoms with E-state index in [1.165, 1.54) is 4.68 Å². The summed E-state index contributed by atoms with van der Waals surface area (Å²) in [4.78, 5) is 42.1. The fraction of sp³-hybridized carbons (Fsp3) is 0.292. The molecule has 0 radical (unpaired) electrons. The van der Waals surface area contributed by atoms with Crippen LogP contribution in [0, 0.1) is 6.92 Å². The van der Waals surface area contributed by atoms with Crippen molar-refractivity contribution in [2.24, 2.45) is 7.05 Å². The summed E-state index contributed by atoms with van der Waals surface area (Å²) in [7, 11) is 1.76. The lowest BCUT2D eigenvalue weighted by atomic mass is 10.3. The Morgan fingerprint density at radius 1 is 1.06 bits per heavy atom. The van der Waals surface area contributed by atoms with Gasteiger partial charge < -0.3 is 10.6 Å². The van der Waals surface area contributed by atoms with E-state index in [0.717, 1.165) is 22.8 Å². The number of anilines is 2. The van der Waals surface area contributed by atoms with Crippen LogP contribution in [0.25, 0.3) is 16.7 Å². The Bertz CT molecular complexity index is 1440. The van der Waals surface area contributed by atoms with Crippen LogP contribution in [0.3, 0.4) is 0 Å². The predicted molar refractivity (Wildman–Crippen MR) is 138 cm³/mol. The molecule has 0 atom stereocenters. The molecule has 3 heterocycles. The second kappa shape index (κ2) is 10.2. The smallest absolute Gasteiger partial charge is 0.295 e.